The quantitative estimate of drug-likeness (QED) is 0.745. The summed E-state index contributed by atoms with van der Waals surface area (Å²) >= 11 is 0. The van der Waals surface area contributed by atoms with Crippen molar-refractivity contribution >= 4 is 5.97 Å². The van der Waals surface area contributed by atoms with Crippen LogP contribution in [-0.2, 0) is 4.79 Å². The molecule has 1 fully saturated rings. The number of ether oxygens (including phenoxy) is 1. The Bertz CT molecular complexity index is 499. The van der Waals surface area contributed by atoms with E-state index in [1.165, 1.54) is 5.56 Å². The van der Waals surface area contributed by atoms with E-state index >= 15 is 0 Å². The van der Waals surface area contributed by atoms with Gasteiger partial charge in [0.05, 0.1) is 13.2 Å². The summed E-state index contributed by atoms with van der Waals surface area (Å²) in [4.78, 5) is 15.2. The van der Waals surface area contributed by atoms with Gasteiger partial charge in [0.25, 0.3) is 0 Å². The molecule has 1 heterocycles. The number of nitrogens with zero attached hydrogens (tertiary/aromatic N) is 2. The highest BCUT2D eigenvalue weighted by atomic mass is 16.5. The van der Waals surface area contributed by atoms with Crippen molar-refractivity contribution in [3.05, 3.63) is 29.8 Å². The summed E-state index contributed by atoms with van der Waals surface area (Å²) in [5.74, 6) is 0.227. The lowest BCUT2D eigenvalue weighted by molar-refractivity contribution is -0.138. The zero-order valence-corrected chi connectivity index (χ0v) is 14.2. The van der Waals surface area contributed by atoms with Crippen LogP contribution in [-0.4, -0.2) is 66.8 Å². The van der Waals surface area contributed by atoms with Crippen molar-refractivity contribution in [1.82, 2.24) is 9.80 Å². The molecule has 1 aromatic rings. The fourth-order valence-corrected chi connectivity index (χ4v) is 3.11. The second-order valence-electron chi connectivity index (χ2n) is 6.35. The molecule has 5 heteroatoms. The van der Waals surface area contributed by atoms with Gasteiger partial charge in [-0.15, -0.1) is 0 Å². The van der Waals surface area contributed by atoms with E-state index < -0.39 is 5.97 Å². The molecule has 1 aromatic carbocycles. The first-order valence-corrected chi connectivity index (χ1v) is 8.39. The molecule has 1 N–H and O–H groups in total. The van der Waals surface area contributed by atoms with E-state index in [2.05, 4.69) is 17.9 Å². The van der Waals surface area contributed by atoms with Gasteiger partial charge < -0.3 is 14.7 Å². The SMILES string of the molecule is Cc1ccccc1OCCCN1CCC(N(C)CC(=O)O)CC1. The zero-order valence-electron chi connectivity index (χ0n) is 14.2. The molecule has 0 spiro atoms. The van der Waals surface area contributed by atoms with E-state index in [1.807, 2.05) is 30.1 Å². The minimum atomic E-state index is -0.747. The number of carboxylic acid groups (broad SMARTS) is 1. The number of benzene rings is 1. The number of aryl methyl sites for hydroxylation is 1. The summed E-state index contributed by atoms with van der Waals surface area (Å²) in [5, 5.41) is 8.86. The van der Waals surface area contributed by atoms with Crippen molar-refractivity contribution in [2.75, 3.05) is 39.8 Å². The largest absolute Gasteiger partial charge is 0.493 e. The molecule has 128 valence electrons. The molecule has 0 bridgehead atoms. The third kappa shape index (κ3) is 5.84. The highest BCUT2D eigenvalue weighted by molar-refractivity contribution is 5.69. The molecule has 2 rings (SSSR count). The van der Waals surface area contributed by atoms with E-state index in [1.54, 1.807) is 0 Å². The number of para-hydroxylation sites is 1. The summed E-state index contributed by atoms with van der Waals surface area (Å²) in [6.07, 6.45) is 3.11. The van der Waals surface area contributed by atoms with Gasteiger partial charge in [-0.05, 0) is 58.0 Å². The molecular formula is C18H28N2O3. The van der Waals surface area contributed by atoms with E-state index in [0.29, 0.717) is 6.04 Å². The Balaban J connectivity index is 1.61. The third-order valence-electron chi connectivity index (χ3n) is 4.53. The van der Waals surface area contributed by atoms with Gasteiger partial charge in [0.1, 0.15) is 5.75 Å². The summed E-state index contributed by atoms with van der Waals surface area (Å²) in [5.41, 5.74) is 1.18. The maximum Gasteiger partial charge on any atom is 0.317 e. The first kappa shape index (κ1) is 17.8. The molecule has 0 aliphatic carbocycles. The minimum absolute atomic E-state index is 0.134. The summed E-state index contributed by atoms with van der Waals surface area (Å²) in [6.45, 7) is 6.06. The van der Waals surface area contributed by atoms with Crippen LogP contribution in [0.4, 0.5) is 0 Å². The molecule has 0 radical (unpaired) electrons. The Morgan fingerprint density at radius 3 is 2.70 bits per heavy atom. The standard InChI is InChI=1S/C18H28N2O3/c1-15-6-3-4-7-17(15)23-13-5-10-20-11-8-16(9-12-20)19(2)14-18(21)22/h3-4,6-7,16H,5,8-14H2,1-2H3,(H,21,22). The predicted octanol–water partition coefficient (Wildman–Crippen LogP) is 2.24. The van der Waals surface area contributed by atoms with Crippen molar-refractivity contribution in [3.63, 3.8) is 0 Å². The molecule has 1 aliphatic rings. The monoisotopic (exact) mass is 320 g/mol. The number of piperidine rings is 1. The van der Waals surface area contributed by atoms with E-state index in [4.69, 9.17) is 9.84 Å². The van der Waals surface area contributed by atoms with Gasteiger partial charge in [0.15, 0.2) is 0 Å². The molecule has 1 saturated heterocycles. The fourth-order valence-electron chi connectivity index (χ4n) is 3.11. The van der Waals surface area contributed by atoms with Crippen LogP contribution in [0.1, 0.15) is 24.8 Å². The van der Waals surface area contributed by atoms with Crippen LogP contribution in [0.5, 0.6) is 5.75 Å². The Hall–Kier alpha value is -1.59. The maximum atomic E-state index is 10.8. The van der Waals surface area contributed by atoms with Crippen LogP contribution in [0.2, 0.25) is 0 Å². The lowest BCUT2D eigenvalue weighted by Crippen LogP contribution is -2.45. The number of likely N-dealkylation sites (tertiary alicyclic amines) is 1. The number of carboxylic acids is 1. The third-order valence-corrected chi connectivity index (χ3v) is 4.53. The molecule has 0 atom stereocenters. The average Bonchev–Trinajstić information content (AvgIpc) is 2.53. The Kier molecular flexibility index (Phi) is 6.86. The van der Waals surface area contributed by atoms with E-state index in [0.717, 1.165) is 51.3 Å². The van der Waals surface area contributed by atoms with Crippen molar-refractivity contribution in [2.24, 2.45) is 0 Å². The van der Waals surface area contributed by atoms with Gasteiger partial charge in [-0.3, -0.25) is 9.69 Å². The fraction of sp³-hybridized carbons (Fsp3) is 0.611. The number of rotatable bonds is 8. The van der Waals surface area contributed by atoms with Crippen molar-refractivity contribution in [1.29, 1.82) is 0 Å². The molecule has 23 heavy (non-hydrogen) atoms. The van der Waals surface area contributed by atoms with E-state index in [9.17, 15) is 4.79 Å². The number of hydrogen-bond donors (Lipinski definition) is 1. The normalized spacial score (nSPS) is 16.7. The summed E-state index contributed by atoms with van der Waals surface area (Å²) in [6, 6.07) is 8.49. The van der Waals surface area contributed by atoms with Crippen molar-refractivity contribution in [2.45, 2.75) is 32.2 Å². The maximum absolute atomic E-state index is 10.8. The first-order valence-electron chi connectivity index (χ1n) is 8.39. The molecule has 5 nitrogen and oxygen atoms in total. The average molecular weight is 320 g/mol. The highest BCUT2D eigenvalue weighted by Gasteiger charge is 2.23. The molecule has 0 unspecified atom stereocenters. The Morgan fingerprint density at radius 2 is 2.04 bits per heavy atom. The summed E-state index contributed by atoms with van der Waals surface area (Å²) < 4.78 is 5.83. The van der Waals surface area contributed by atoms with Gasteiger partial charge in [0, 0.05) is 12.6 Å². The minimum Gasteiger partial charge on any atom is -0.493 e. The molecule has 1 aliphatic heterocycles. The predicted molar refractivity (Wildman–Crippen MR) is 91.0 cm³/mol. The van der Waals surface area contributed by atoms with Gasteiger partial charge in [-0.1, -0.05) is 18.2 Å². The lowest BCUT2D eigenvalue weighted by atomic mass is 10.0. The number of likely N-dealkylation sites (N-methyl/N-ethyl adjacent to an activating group) is 1. The topological polar surface area (TPSA) is 53.0 Å². The zero-order chi connectivity index (χ0) is 16.7. The van der Waals surface area contributed by atoms with Crippen molar-refractivity contribution < 1.29 is 14.6 Å². The molecule has 0 amide bonds. The van der Waals surface area contributed by atoms with Crippen LogP contribution >= 0.6 is 0 Å². The molecular weight excluding hydrogens is 292 g/mol. The van der Waals surface area contributed by atoms with Crippen LogP contribution in [0.15, 0.2) is 24.3 Å². The van der Waals surface area contributed by atoms with Crippen LogP contribution in [0, 0.1) is 6.92 Å². The van der Waals surface area contributed by atoms with Gasteiger partial charge >= 0.3 is 5.97 Å². The van der Waals surface area contributed by atoms with E-state index in [-0.39, 0.29) is 6.54 Å². The van der Waals surface area contributed by atoms with Gasteiger partial charge in [-0.2, -0.15) is 0 Å². The molecule has 0 aromatic heterocycles. The number of carbonyl (C=O) groups is 1. The Labute approximate surface area is 138 Å². The summed E-state index contributed by atoms with van der Waals surface area (Å²) in [7, 11) is 1.91. The lowest BCUT2D eigenvalue weighted by Gasteiger charge is -2.36. The second-order valence-corrected chi connectivity index (χ2v) is 6.35. The highest BCUT2D eigenvalue weighted by Crippen LogP contribution is 2.17. The smallest absolute Gasteiger partial charge is 0.317 e. The van der Waals surface area contributed by atoms with Gasteiger partial charge in [-0.25, -0.2) is 0 Å². The van der Waals surface area contributed by atoms with Crippen molar-refractivity contribution in [3.8, 4) is 5.75 Å². The number of aliphatic carboxylic acids is 1. The van der Waals surface area contributed by atoms with Crippen LogP contribution in [0.25, 0.3) is 0 Å². The van der Waals surface area contributed by atoms with Crippen LogP contribution < -0.4 is 4.74 Å². The first-order chi connectivity index (χ1) is 11.1. The molecule has 0 saturated carbocycles. The van der Waals surface area contributed by atoms with Gasteiger partial charge in [0.2, 0.25) is 0 Å². The van der Waals surface area contributed by atoms with Crippen LogP contribution in [0.3, 0.4) is 0 Å². The number of hydrogen-bond acceptors (Lipinski definition) is 4. The Morgan fingerprint density at radius 1 is 1.35 bits per heavy atom. The second kappa shape index (κ2) is 8.89.